The van der Waals surface area contributed by atoms with Crippen LogP contribution in [0.25, 0.3) is 5.57 Å². The van der Waals surface area contributed by atoms with Crippen LogP contribution in [0.1, 0.15) is 51.0 Å². The van der Waals surface area contributed by atoms with Crippen LogP contribution >= 0.6 is 0 Å². The summed E-state index contributed by atoms with van der Waals surface area (Å²) in [6.45, 7) is 15.3. The molecule has 144 valence electrons. The Morgan fingerprint density at radius 2 is 1.85 bits per heavy atom. The Balaban J connectivity index is 3.19. The monoisotopic (exact) mass is 362 g/mol. The fraction of sp³-hybridized carbons (Fsp3) is 0.476. The van der Waals surface area contributed by atoms with E-state index in [4.69, 9.17) is 14.4 Å². The lowest BCUT2D eigenvalue weighted by atomic mass is 9.98. The molecule has 0 aliphatic rings. The molecule has 0 aliphatic carbocycles. The average molecular weight is 362 g/mol. The zero-order valence-corrected chi connectivity index (χ0v) is 16.8. The van der Waals surface area contributed by atoms with Crippen molar-refractivity contribution in [3.05, 3.63) is 57.0 Å². The van der Waals surface area contributed by atoms with Crippen molar-refractivity contribution in [2.75, 3.05) is 7.11 Å². The van der Waals surface area contributed by atoms with Gasteiger partial charge < -0.3 is 9.15 Å². The van der Waals surface area contributed by atoms with E-state index in [0.717, 1.165) is 11.1 Å². The number of allylic oxidation sites excluding steroid dienone is 3. The fourth-order valence-corrected chi connectivity index (χ4v) is 2.82. The summed E-state index contributed by atoms with van der Waals surface area (Å²) in [7, 11) is 1.47. The van der Waals surface area contributed by atoms with Gasteiger partial charge in [0.25, 0.3) is 5.95 Å². The van der Waals surface area contributed by atoms with Crippen LogP contribution in [0.2, 0.25) is 0 Å². The van der Waals surface area contributed by atoms with Crippen LogP contribution in [0.5, 0.6) is 5.95 Å². The summed E-state index contributed by atoms with van der Waals surface area (Å²) in [6, 6.07) is 0. The lowest BCUT2D eigenvalue weighted by Crippen LogP contribution is -2.15. The molecule has 5 nitrogen and oxygen atoms in total. The summed E-state index contributed by atoms with van der Waals surface area (Å²) in [6.07, 6.45) is 3.98. The molecule has 5 heteroatoms. The summed E-state index contributed by atoms with van der Waals surface area (Å²) in [5.41, 5.74) is 3.29. The Hall–Kier alpha value is -2.11. The van der Waals surface area contributed by atoms with Crippen LogP contribution < -0.4 is 10.2 Å². The van der Waals surface area contributed by atoms with Gasteiger partial charge in [0.1, 0.15) is 11.9 Å². The highest BCUT2D eigenvalue weighted by molar-refractivity contribution is 5.65. The van der Waals surface area contributed by atoms with Crippen molar-refractivity contribution in [3.63, 3.8) is 0 Å². The first-order chi connectivity index (χ1) is 12.1. The number of hydrogen-bond donors (Lipinski definition) is 1. The van der Waals surface area contributed by atoms with Gasteiger partial charge >= 0.3 is 0 Å². The molecular weight excluding hydrogens is 332 g/mol. The van der Waals surface area contributed by atoms with Crippen molar-refractivity contribution in [3.8, 4) is 5.95 Å². The summed E-state index contributed by atoms with van der Waals surface area (Å²) >= 11 is 0. The van der Waals surface area contributed by atoms with Gasteiger partial charge in [0.15, 0.2) is 5.43 Å². The lowest BCUT2D eigenvalue weighted by molar-refractivity contribution is -0.270. The molecule has 1 unspecified atom stereocenters. The Labute approximate surface area is 155 Å². The van der Waals surface area contributed by atoms with Gasteiger partial charge in [-0.2, -0.15) is 0 Å². The second kappa shape index (κ2) is 9.55. The van der Waals surface area contributed by atoms with E-state index in [1.165, 1.54) is 7.11 Å². The van der Waals surface area contributed by atoms with Gasteiger partial charge in [-0.15, -0.1) is 0 Å². The highest BCUT2D eigenvalue weighted by Crippen LogP contribution is 2.25. The molecule has 0 saturated heterocycles. The first-order valence-electron chi connectivity index (χ1n) is 8.66. The molecule has 0 aliphatic heterocycles. The fourth-order valence-electron chi connectivity index (χ4n) is 2.82. The second-order valence-corrected chi connectivity index (χ2v) is 7.02. The van der Waals surface area contributed by atoms with Crippen LogP contribution in [0.3, 0.4) is 0 Å². The van der Waals surface area contributed by atoms with Crippen molar-refractivity contribution < 1.29 is 19.3 Å². The highest BCUT2D eigenvalue weighted by atomic mass is 17.1. The van der Waals surface area contributed by atoms with E-state index in [-0.39, 0.29) is 11.4 Å². The molecule has 0 radical (unpaired) electrons. The molecule has 0 aromatic carbocycles. The van der Waals surface area contributed by atoms with Gasteiger partial charge in [-0.1, -0.05) is 38.2 Å². The van der Waals surface area contributed by atoms with Crippen molar-refractivity contribution in [1.82, 2.24) is 0 Å². The first-order valence-corrected chi connectivity index (χ1v) is 8.66. The molecule has 1 aromatic heterocycles. The van der Waals surface area contributed by atoms with Gasteiger partial charge in [-0.3, -0.25) is 10.1 Å². The largest absolute Gasteiger partial charge is 0.468 e. The molecule has 0 spiro atoms. The Kier molecular flexibility index (Phi) is 8.06. The van der Waals surface area contributed by atoms with Crippen LogP contribution in [0, 0.1) is 19.8 Å². The normalized spacial score (nSPS) is 13.9. The molecule has 0 amide bonds. The third-order valence-electron chi connectivity index (χ3n) is 4.15. The molecule has 1 heterocycles. The maximum atomic E-state index is 12.3. The van der Waals surface area contributed by atoms with E-state index >= 15 is 0 Å². The Bertz CT molecular complexity index is 765. The van der Waals surface area contributed by atoms with Crippen LogP contribution in [-0.2, 0) is 4.89 Å². The zero-order chi connectivity index (χ0) is 20.0. The van der Waals surface area contributed by atoms with Gasteiger partial charge in [-0.25, -0.2) is 4.89 Å². The van der Waals surface area contributed by atoms with E-state index in [0.29, 0.717) is 34.8 Å². The van der Waals surface area contributed by atoms with Gasteiger partial charge in [0.2, 0.25) is 0 Å². The van der Waals surface area contributed by atoms with Crippen molar-refractivity contribution in [2.24, 2.45) is 5.92 Å². The van der Waals surface area contributed by atoms with Crippen molar-refractivity contribution in [2.45, 2.75) is 54.1 Å². The highest BCUT2D eigenvalue weighted by Gasteiger charge is 2.16. The SMILES string of the molecule is C=C(/C=C(C)/C=C(/C)c1oc(OC)c(C)c(=O)c1C)C(CC(C)C)OO. The van der Waals surface area contributed by atoms with E-state index in [9.17, 15) is 4.79 Å². The van der Waals surface area contributed by atoms with E-state index < -0.39 is 6.10 Å². The van der Waals surface area contributed by atoms with Gasteiger partial charge in [0.05, 0.1) is 12.7 Å². The van der Waals surface area contributed by atoms with Gasteiger partial charge in [0, 0.05) is 5.56 Å². The number of methoxy groups -OCH3 is 1. The van der Waals surface area contributed by atoms with Crippen LogP contribution in [0.15, 0.2) is 39.1 Å². The molecule has 1 N–H and O–H groups in total. The molecule has 1 atom stereocenters. The third-order valence-corrected chi connectivity index (χ3v) is 4.15. The first kappa shape index (κ1) is 21.9. The molecule has 1 rings (SSSR count). The zero-order valence-electron chi connectivity index (χ0n) is 16.8. The minimum Gasteiger partial charge on any atom is -0.468 e. The predicted molar refractivity (Wildman–Crippen MR) is 105 cm³/mol. The minimum absolute atomic E-state index is 0.0902. The molecule has 26 heavy (non-hydrogen) atoms. The van der Waals surface area contributed by atoms with Crippen LogP contribution in [-0.4, -0.2) is 18.5 Å². The van der Waals surface area contributed by atoms with E-state index in [2.05, 4.69) is 25.3 Å². The van der Waals surface area contributed by atoms with Crippen molar-refractivity contribution >= 4 is 5.57 Å². The third kappa shape index (κ3) is 5.44. The van der Waals surface area contributed by atoms with Gasteiger partial charge in [-0.05, 0) is 51.2 Å². The molecule has 0 saturated carbocycles. The van der Waals surface area contributed by atoms with Crippen LogP contribution in [0.4, 0.5) is 0 Å². The minimum atomic E-state index is -0.446. The maximum Gasteiger partial charge on any atom is 0.291 e. The average Bonchev–Trinajstić information content (AvgIpc) is 2.57. The van der Waals surface area contributed by atoms with E-state index in [1.54, 1.807) is 13.8 Å². The number of hydrogen-bond acceptors (Lipinski definition) is 5. The summed E-state index contributed by atoms with van der Waals surface area (Å²) in [5.74, 6) is 1.08. The quantitative estimate of drug-likeness (QED) is 0.397. The Morgan fingerprint density at radius 3 is 2.35 bits per heavy atom. The van der Waals surface area contributed by atoms with Crippen molar-refractivity contribution in [1.29, 1.82) is 0 Å². The standard InChI is InChI=1S/C21H30O5/c1-12(2)9-18(26-23)14(4)10-13(3)11-15(5)20-16(6)19(22)17(7)21(24-8)25-20/h10-12,18,23H,4,9H2,1-3,5-8H3/b13-10+,15-11-. The lowest BCUT2D eigenvalue weighted by Gasteiger charge is -2.16. The summed E-state index contributed by atoms with van der Waals surface area (Å²) in [4.78, 5) is 16.9. The molecule has 0 bridgehead atoms. The molecule has 0 fully saturated rings. The topological polar surface area (TPSA) is 68.9 Å². The smallest absolute Gasteiger partial charge is 0.291 e. The molecular formula is C21H30O5. The maximum absolute atomic E-state index is 12.3. The van der Waals surface area contributed by atoms with E-state index in [1.807, 2.05) is 26.0 Å². The number of rotatable bonds is 8. The number of ether oxygens (including phenoxy) is 1. The summed E-state index contributed by atoms with van der Waals surface area (Å²) < 4.78 is 10.9. The predicted octanol–water partition coefficient (Wildman–Crippen LogP) is 5.08. The second-order valence-electron chi connectivity index (χ2n) is 7.02. The Morgan fingerprint density at radius 1 is 1.23 bits per heavy atom. The summed E-state index contributed by atoms with van der Waals surface area (Å²) in [5, 5.41) is 9.10. The molecule has 1 aromatic rings.